The molecule has 1 heterocycles. The highest BCUT2D eigenvalue weighted by atomic mass is 79.9. The van der Waals surface area contributed by atoms with Crippen LogP contribution < -0.4 is 5.56 Å². The van der Waals surface area contributed by atoms with E-state index in [1.54, 1.807) is 12.1 Å². The van der Waals surface area contributed by atoms with Gasteiger partial charge in [0.25, 0.3) is 5.56 Å². The summed E-state index contributed by atoms with van der Waals surface area (Å²) < 4.78 is 2.60. The molecule has 0 fully saturated rings. The third-order valence-corrected chi connectivity index (χ3v) is 4.94. The van der Waals surface area contributed by atoms with Gasteiger partial charge in [-0.3, -0.25) is 19.5 Å². The molecule has 0 aliphatic rings. The SMILES string of the molecule is O=c1c2cc(Br)cc(Br)c2nc(CCCl)n1-c1ccc(O)c([N+](=O)[O-])c1. The molecule has 2 aromatic carbocycles. The number of nitrogens with zero attached hydrogens (tertiary/aromatic N) is 3. The van der Waals surface area contributed by atoms with Crippen LogP contribution >= 0.6 is 43.5 Å². The van der Waals surface area contributed by atoms with Crippen molar-refractivity contribution in [1.29, 1.82) is 0 Å². The van der Waals surface area contributed by atoms with Crippen LogP contribution in [-0.2, 0) is 6.42 Å². The van der Waals surface area contributed by atoms with E-state index in [2.05, 4.69) is 36.8 Å². The molecule has 134 valence electrons. The smallest absolute Gasteiger partial charge is 0.312 e. The maximum atomic E-state index is 13.1. The Bertz CT molecular complexity index is 1100. The van der Waals surface area contributed by atoms with E-state index in [9.17, 15) is 20.0 Å². The lowest BCUT2D eigenvalue weighted by molar-refractivity contribution is -0.385. The number of rotatable bonds is 4. The van der Waals surface area contributed by atoms with Crippen molar-refractivity contribution in [2.75, 3.05) is 5.88 Å². The van der Waals surface area contributed by atoms with Crippen LogP contribution in [0.5, 0.6) is 5.75 Å². The number of aromatic nitrogens is 2. The van der Waals surface area contributed by atoms with E-state index < -0.39 is 21.9 Å². The molecule has 0 atom stereocenters. The van der Waals surface area contributed by atoms with Gasteiger partial charge in [0.15, 0.2) is 5.75 Å². The molecule has 1 N–H and O–H groups in total. The van der Waals surface area contributed by atoms with Crippen molar-refractivity contribution in [2.45, 2.75) is 6.42 Å². The number of phenols is 1. The highest BCUT2D eigenvalue weighted by Crippen LogP contribution is 2.30. The number of nitro groups is 1. The summed E-state index contributed by atoms with van der Waals surface area (Å²) >= 11 is 12.6. The molecule has 0 bridgehead atoms. The molecular weight excluding hydrogens is 493 g/mol. The zero-order valence-electron chi connectivity index (χ0n) is 12.9. The topological polar surface area (TPSA) is 98.3 Å². The molecule has 0 unspecified atom stereocenters. The minimum Gasteiger partial charge on any atom is -0.502 e. The first-order chi connectivity index (χ1) is 12.3. The summed E-state index contributed by atoms with van der Waals surface area (Å²) in [5.41, 5.74) is -0.188. The minimum atomic E-state index is -0.716. The van der Waals surface area contributed by atoms with Gasteiger partial charge in [0.1, 0.15) is 5.82 Å². The van der Waals surface area contributed by atoms with Crippen molar-refractivity contribution in [2.24, 2.45) is 0 Å². The van der Waals surface area contributed by atoms with Crippen molar-refractivity contribution in [3.63, 3.8) is 0 Å². The van der Waals surface area contributed by atoms with Crippen LogP contribution in [0.15, 0.2) is 44.1 Å². The fraction of sp³-hybridized carbons (Fsp3) is 0.125. The maximum Gasteiger partial charge on any atom is 0.312 e. The van der Waals surface area contributed by atoms with Crippen molar-refractivity contribution in [3.05, 3.63) is 65.6 Å². The summed E-state index contributed by atoms with van der Waals surface area (Å²) in [5.74, 6) is 0.0946. The maximum absolute atomic E-state index is 13.1. The standard InChI is InChI=1S/C16H10Br2ClN3O4/c17-8-5-10-15(11(18)6-8)20-14(3-4-19)21(16(10)24)9-1-2-13(23)12(7-9)22(25)26/h1-2,5-7,23H,3-4H2. The number of nitro benzene ring substituents is 1. The van der Waals surface area contributed by atoms with Gasteiger partial charge in [0.05, 0.1) is 21.5 Å². The third-order valence-electron chi connectivity index (χ3n) is 3.69. The first-order valence-corrected chi connectivity index (χ1v) is 9.40. The Balaban J connectivity index is 2.40. The molecule has 7 nitrogen and oxygen atoms in total. The second kappa shape index (κ2) is 7.34. The predicted octanol–water partition coefficient (Wildman–Crippen LogP) is 4.31. The van der Waals surface area contributed by atoms with E-state index in [4.69, 9.17) is 11.6 Å². The van der Waals surface area contributed by atoms with Crippen LogP contribution in [0.3, 0.4) is 0 Å². The Morgan fingerprint density at radius 1 is 1.27 bits per heavy atom. The van der Waals surface area contributed by atoms with Gasteiger partial charge in [-0.25, -0.2) is 4.98 Å². The second-order valence-corrected chi connectivity index (χ2v) is 7.47. The van der Waals surface area contributed by atoms with Crippen molar-refractivity contribution < 1.29 is 10.0 Å². The van der Waals surface area contributed by atoms with Gasteiger partial charge >= 0.3 is 5.69 Å². The van der Waals surface area contributed by atoms with Gasteiger partial charge in [-0.05, 0) is 40.2 Å². The highest BCUT2D eigenvalue weighted by molar-refractivity contribution is 9.11. The summed E-state index contributed by atoms with van der Waals surface area (Å²) in [6, 6.07) is 7.13. The first-order valence-electron chi connectivity index (χ1n) is 7.28. The molecule has 0 aliphatic carbocycles. The monoisotopic (exact) mass is 501 g/mol. The minimum absolute atomic E-state index is 0.215. The average Bonchev–Trinajstić information content (AvgIpc) is 2.57. The van der Waals surface area contributed by atoms with Crippen LogP contribution in [-0.4, -0.2) is 25.5 Å². The van der Waals surface area contributed by atoms with E-state index in [0.29, 0.717) is 25.7 Å². The average molecular weight is 504 g/mol. The van der Waals surface area contributed by atoms with Crippen LogP contribution in [0.1, 0.15) is 5.82 Å². The fourth-order valence-electron chi connectivity index (χ4n) is 2.58. The summed E-state index contributed by atoms with van der Waals surface area (Å²) in [7, 11) is 0. The molecule has 0 amide bonds. The lowest BCUT2D eigenvalue weighted by Gasteiger charge is -2.14. The molecule has 0 saturated carbocycles. The number of alkyl halides is 1. The van der Waals surface area contributed by atoms with Crippen LogP contribution in [0.4, 0.5) is 5.69 Å². The molecule has 0 radical (unpaired) electrons. The lowest BCUT2D eigenvalue weighted by Crippen LogP contribution is -2.24. The Morgan fingerprint density at radius 2 is 2.00 bits per heavy atom. The molecular formula is C16H10Br2ClN3O4. The molecule has 3 aromatic rings. The van der Waals surface area contributed by atoms with E-state index in [1.807, 2.05) is 0 Å². The molecule has 0 aliphatic heterocycles. The highest BCUT2D eigenvalue weighted by Gasteiger charge is 2.19. The number of aromatic hydroxyl groups is 1. The summed E-state index contributed by atoms with van der Waals surface area (Å²) in [6.45, 7) is 0. The molecule has 26 heavy (non-hydrogen) atoms. The van der Waals surface area contributed by atoms with E-state index >= 15 is 0 Å². The number of benzene rings is 2. The predicted molar refractivity (Wildman–Crippen MR) is 105 cm³/mol. The molecule has 3 rings (SSSR count). The quantitative estimate of drug-likeness (QED) is 0.325. The van der Waals surface area contributed by atoms with Crippen molar-refractivity contribution >= 4 is 60.1 Å². The molecule has 10 heteroatoms. The van der Waals surface area contributed by atoms with E-state index in [0.717, 1.165) is 6.07 Å². The fourth-order valence-corrected chi connectivity index (χ4v) is 4.06. The third kappa shape index (κ3) is 3.34. The largest absolute Gasteiger partial charge is 0.502 e. The Labute approximate surface area is 168 Å². The van der Waals surface area contributed by atoms with Crippen molar-refractivity contribution in [3.8, 4) is 11.4 Å². The van der Waals surface area contributed by atoms with Crippen LogP contribution in [0.2, 0.25) is 0 Å². The van der Waals surface area contributed by atoms with Crippen molar-refractivity contribution in [1.82, 2.24) is 9.55 Å². The molecule has 1 aromatic heterocycles. The summed E-state index contributed by atoms with van der Waals surface area (Å²) in [4.78, 5) is 28.0. The summed E-state index contributed by atoms with van der Waals surface area (Å²) in [5, 5.41) is 21.1. The number of phenolic OH excluding ortho intramolecular Hbond substituents is 1. The van der Waals surface area contributed by atoms with Gasteiger partial charge in [-0.2, -0.15) is 0 Å². The normalized spacial score (nSPS) is 11.0. The molecule has 0 spiro atoms. The number of hydrogen-bond acceptors (Lipinski definition) is 5. The Hall–Kier alpha value is -1.97. The van der Waals surface area contributed by atoms with Gasteiger partial charge in [0.2, 0.25) is 0 Å². The van der Waals surface area contributed by atoms with Gasteiger partial charge in [-0.1, -0.05) is 15.9 Å². The summed E-state index contributed by atoms with van der Waals surface area (Å²) in [6.07, 6.45) is 0.282. The van der Waals surface area contributed by atoms with E-state index in [-0.39, 0.29) is 18.0 Å². The van der Waals surface area contributed by atoms with E-state index in [1.165, 1.54) is 16.7 Å². The number of halogens is 3. The Morgan fingerprint density at radius 3 is 2.65 bits per heavy atom. The Kier molecular flexibility index (Phi) is 5.31. The zero-order valence-corrected chi connectivity index (χ0v) is 16.9. The van der Waals surface area contributed by atoms with Gasteiger partial charge < -0.3 is 5.11 Å². The zero-order chi connectivity index (χ0) is 19.0. The lowest BCUT2D eigenvalue weighted by atomic mass is 10.2. The van der Waals surface area contributed by atoms with Crippen LogP contribution in [0.25, 0.3) is 16.6 Å². The number of aryl methyl sites for hydroxylation is 1. The molecule has 0 saturated heterocycles. The van der Waals surface area contributed by atoms with Gasteiger partial charge in [0, 0.05) is 27.3 Å². The van der Waals surface area contributed by atoms with Crippen LogP contribution in [0, 0.1) is 10.1 Å². The number of hydrogen-bond donors (Lipinski definition) is 1. The van der Waals surface area contributed by atoms with Gasteiger partial charge in [-0.15, -0.1) is 11.6 Å². The first kappa shape index (κ1) is 18.8. The number of fused-ring (bicyclic) bond motifs is 1. The second-order valence-electron chi connectivity index (χ2n) is 5.32.